The number of piperidine rings is 1. The lowest BCUT2D eigenvalue weighted by Gasteiger charge is -2.38. The summed E-state index contributed by atoms with van der Waals surface area (Å²) in [6.45, 7) is 3.29. The molecule has 0 unspecified atom stereocenters. The Bertz CT molecular complexity index is 513. The molecular weight excluding hydrogens is 250 g/mol. The van der Waals surface area contributed by atoms with E-state index < -0.39 is 10.0 Å². The molecule has 2 rings (SSSR count). The molecule has 1 fully saturated rings. The first-order valence-corrected chi connectivity index (χ1v) is 7.62. The number of rotatable bonds is 3. The Hall–Kier alpha value is -0.850. The van der Waals surface area contributed by atoms with Gasteiger partial charge < -0.3 is 9.88 Å². The quantitative estimate of drug-likeness (QED) is 0.884. The molecule has 1 aliphatic rings. The predicted molar refractivity (Wildman–Crippen MR) is 70.9 cm³/mol. The number of aromatic nitrogens is 1. The molecule has 1 aromatic heterocycles. The number of nitrogens with one attached hydrogen (secondary N) is 1. The van der Waals surface area contributed by atoms with Crippen molar-refractivity contribution in [2.75, 3.05) is 20.1 Å². The van der Waals surface area contributed by atoms with E-state index >= 15 is 0 Å². The minimum atomic E-state index is -3.31. The molecule has 0 aliphatic carbocycles. The smallest absolute Gasteiger partial charge is 0.244 e. The van der Waals surface area contributed by atoms with Crippen molar-refractivity contribution in [1.29, 1.82) is 0 Å². The molecule has 0 aromatic carbocycles. The molecule has 0 atom stereocenters. The molecule has 0 radical (unpaired) electrons. The van der Waals surface area contributed by atoms with Gasteiger partial charge in [-0.1, -0.05) is 0 Å². The number of sulfonamides is 1. The van der Waals surface area contributed by atoms with Gasteiger partial charge in [0.25, 0.3) is 0 Å². The zero-order chi connectivity index (χ0) is 13.4. The zero-order valence-electron chi connectivity index (χ0n) is 11.2. The molecule has 0 amide bonds. The summed E-state index contributed by atoms with van der Waals surface area (Å²) in [6.07, 6.45) is 5.10. The molecule has 0 bridgehead atoms. The summed E-state index contributed by atoms with van der Waals surface area (Å²) >= 11 is 0. The number of nitrogens with zero attached hydrogens (tertiary/aromatic N) is 2. The van der Waals surface area contributed by atoms with Crippen LogP contribution in [-0.2, 0) is 17.1 Å². The predicted octanol–water partition coefficient (Wildman–Crippen LogP) is 0.788. The highest BCUT2D eigenvalue weighted by Crippen LogP contribution is 2.26. The monoisotopic (exact) mass is 271 g/mol. The normalized spacial score (nSPS) is 21.1. The van der Waals surface area contributed by atoms with E-state index in [9.17, 15) is 8.42 Å². The Morgan fingerprint density at radius 1 is 1.33 bits per heavy atom. The van der Waals surface area contributed by atoms with Crippen LogP contribution in [0.2, 0.25) is 0 Å². The van der Waals surface area contributed by atoms with Crippen molar-refractivity contribution in [3.8, 4) is 0 Å². The summed E-state index contributed by atoms with van der Waals surface area (Å²) < 4.78 is 28.1. The number of hydrogen-bond donors (Lipinski definition) is 1. The third-order valence-corrected chi connectivity index (χ3v) is 5.75. The van der Waals surface area contributed by atoms with Gasteiger partial charge in [0, 0.05) is 38.1 Å². The van der Waals surface area contributed by atoms with Crippen molar-refractivity contribution in [3.63, 3.8) is 0 Å². The van der Waals surface area contributed by atoms with Gasteiger partial charge in [-0.3, -0.25) is 0 Å². The molecule has 2 heterocycles. The van der Waals surface area contributed by atoms with Gasteiger partial charge in [-0.15, -0.1) is 0 Å². The van der Waals surface area contributed by atoms with E-state index in [1.807, 2.05) is 14.1 Å². The highest BCUT2D eigenvalue weighted by atomic mass is 32.2. The van der Waals surface area contributed by atoms with Crippen LogP contribution >= 0.6 is 0 Å². The van der Waals surface area contributed by atoms with Gasteiger partial charge >= 0.3 is 0 Å². The van der Waals surface area contributed by atoms with E-state index in [-0.39, 0.29) is 5.54 Å². The van der Waals surface area contributed by atoms with Crippen LogP contribution in [0.25, 0.3) is 0 Å². The first kappa shape index (κ1) is 13.6. The van der Waals surface area contributed by atoms with Gasteiger partial charge in [0.15, 0.2) is 0 Å². The van der Waals surface area contributed by atoms with Gasteiger partial charge in [0.1, 0.15) is 0 Å². The Morgan fingerprint density at radius 2 is 1.94 bits per heavy atom. The molecule has 1 aliphatic heterocycles. The highest BCUT2D eigenvalue weighted by Gasteiger charge is 2.34. The first-order chi connectivity index (χ1) is 8.37. The summed E-state index contributed by atoms with van der Waals surface area (Å²) in [5, 5.41) is 3.27. The lowest BCUT2D eigenvalue weighted by molar-refractivity contribution is 0.219. The molecule has 102 valence electrons. The van der Waals surface area contributed by atoms with Crippen LogP contribution in [0.1, 0.15) is 19.8 Å². The topological polar surface area (TPSA) is 54.3 Å². The summed E-state index contributed by atoms with van der Waals surface area (Å²) in [5.41, 5.74) is 0.0582. The molecule has 0 spiro atoms. The molecule has 1 saturated heterocycles. The fourth-order valence-corrected chi connectivity index (χ4v) is 3.74. The Balaban J connectivity index is 2.14. The van der Waals surface area contributed by atoms with Crippen LogP contribution in [0.4, 0.5) is 0 Å². The Morgan fingerprint density at radius 3 is 2.39 bits per heavy atom. The van der Waals surface area contributed by atoms with Crippen molar-refractivity contribution in [1.82, 2.24) is 14.2 Å². The fraction of sp³-hybridized carbons (Fsp3) is 0.667. The molecule has 18 heavy (non-hydrogen) atoms. The van der Waals surface area contributed by atoms with Crippen LogP contribution in [-0.4, -0.2) is 43.0 Å². The van der Waals surface area contributed by atoms with Gasteiger partial charge in [0.2, 0.25) is 10.0 Å². The fourth-order valence-electron chi connectivity index (χ4n) is 2.25. The van der Waals surface area contributed by atoms with Crippen molar-refractivity contribution >= 4 is 10.0 Å². The van der Waals surface area contributed by atoms with E-state index in [0.29, 0.717) is 18.0 Å². The molecule has 5 nitrogen and oxygen atoms in total. The number of hydrogen-bond acceptors (Lipinski definition) is 3. The van der Waals surface area contributed by atoms with Crippen molar-refractivity contribution in [2.24, 2.45) is 7.05 Å². The summed E-state index contributed by atoms with van der Waals surface area (Å²) in [5.74, 6) is 0. The zero-order valence-corrected chi connectivity index (χ0v) is 12.0. The van der Waals surface area contributed by atoms with Gasteiger partial charge in [-0.05, 0) is 32.9 Å². The SMILES string of the molecule is CNC1(C)CCN(S(=O)(=O)c2ccn(C)c2)CC1. The van der Waals surface area contributed by atoms with Gasteiger partial charge in [-0.25, -0.2) is 8.42 Å². The van der Waals surface area contributed by atoms with E-state index in [1.54, 1.807) is 27.3 Å². The van der Waals surface area contributed by atoms with E-state index in [0.717, 1.165) is 12.8 Å². The van der Waals surface area contributed by atoms with E-state index in [1.165, 1.54) is 0 Å². The maximum absolute atomic E-state index is 12.4. The molecule has 1 N–H and O–H groups in total. The average molecular weight is 271 g/mol. The van der Waals surface area contributed by atoms with Crippen LogP contribution in [0.5, 0.6) is 0 Å². The second-order valence-electron chi connectivity index (χ2n) is 5.23. The van der Waals surface area contributed by atoms with E-state index in [2.05, 4.69) is 12.2 Å². The largest absolute Gasteiger partial charge is 0.356 e. The van der Waals surface area contributed by atoms with Gasteiger partial charge in [0.05, 0.1) is 4.90 Å². The molecule has 0 saturated carbocycles. The first-order valence-electron chi connectivity index (χ1n) is 6.18. The lowest BCUT2D eigenvalue weighted by Crippen LogP contribution is -2.51. The molecular formula is C12H21N3O2S. The second kappa shape index (κ2) is 4.68. The average Bonchev–Trinajstić information content (AvgIpc) is 2.77. The van der Waals surface area contributed by atoms with Crippen LogP contribution < -0.4 is 5.32 Å². The van der Waals surface area contributed by atoms with Crippen LogP contribution in [0.3, 0.4) is 0 Å². The minimum Gasteiger partial charge on any atom is -0.356 e. The summed E-state index contributed by atoms with van der Waals surface area (Å²) in [4.78, 5) is 0.387. The van der Waals surface area contributed by atoms with Crippen LogP contribution in [0.15, 0.2) is 23.4 Å². The summed E-state index contributed by atoms with van der Waals surface area (Å²) in [7, 11) is 0.444. The lowest BCUT2D eigenvalue weighted by atomic mass is 9.91. The summed E-state index contributed by atoms with van der Waals surface area (Å²) in [6, 6.07) is 1.65. The third kappa shape index (κ3) is 2.46. The maximum Gasteiger partial charge on any atom is 0.244 e. The molecule has 1 aromatic rings. The third-order valence-electron chi connectivity index (χ3n) is 3.87. The Labute approximate surface area is 109 Å². The van der Waals surface area contributed by atoms with Gasteiger partial charge in [-0.2, -0.15) is 4.31 Å². The Kier molecular flexibility index (Phi) is 3.53. The minimum absolute atomic E-state index is 0.0582. The second-order valence-corrected chi connectivity index (χ2v) is 7.17. The highest BCUT2D eigenvalue weighted by molar-refractivity contribution is 7.89. The molecule has 6 heteroatoms. The van der Waals surface area contributed by atoms with E-state index in [4.69, 9.17) is 0 Å². The standard InChI is InChI=1S/C12H21N3O2S/c1-12(13-2)5-8-15(9-6-12)18(16,17)11-4-7-14(3)10-11/h4,7,10,13H,5-6,8-9H2,1-3H3. The maximum atomic E-state index is 12.4. The van der Waals surface area contributed by atoms with Crippen molar-refractivity contribution in [3.05, 3.63) is 18.5 Å². The van der Waals surface area contributed by atoms with Crippen LogP contribution in [0, 0.1) is 0 Å². The number of aryl methyl sites for hydroxylation is 1. The van der Waals surface area contributed by atoms with Crippen molar-refractivity contribution in [2.45, 2.75) is 30.2 Å². The van der Waals surface area contributed by atoms with Crippen molar-refractivity contribution < 1.29 is 8.42 Å².